The molecule has 0 radical (unpaired) electrons. The molecule has 0 heterocycles. The maximum atomic E-state index is 12.7. The van der Waals surface area contributed by atoms with E-state index < -0.39 is 0 Å². The van der Waals surface area contributed by atoms with Crippen LogP contribution in [0.4, 0.5) is 0 Å². The summed E-state index contributed by atoms with van der Waals surface area (Å²) >= 11 is 6.81. The van der Waals surface area contributed by atoms with Crippen molar-refractivity contribution < 1.29 is 14.3 Å². The largest absolute Gasteiger partial charge is 0.496 e. The van der Waals surface area contributed by atoms with E-state index in [0.29, 0.717) is 23.7 Å². The molecule has 3 rings (SSSR count). The van der Waals surface area contributed by atoms with Crippen LogP contribution in [-0.4, -0.2) is 19.2 Å². The Labute approximate surface area is 186 Å². The van der Waals surface area contributed by atoms with Crippen LogP contribution in [0.15, 0.2) is 80.8 Å². The second-order valence-electron chi connectivity index (χ2n) is 6.00. The maximum absolute atomic E-state index is 12.7. The zero-order valence-corrected chi connectivity index (χ0v) is 18.7. The van der Waals surface area contributed by atoms with Gasteiger partial charge in [0.05, 0.1) is 18.9 Å². The molecule has 3 aromatic carbocycles. The molecule has 0 atom stereocenters. The third-order valence-electron chi connectivity index (χ3n) is 3.98. The molecule has 1 N–H and O–H groups in total. The Kier molecular flexibility index (Phi) is 7.43. The molecule has 0 aliphatic rings. The number of carbonyl (C=O) groups is 1. The Morgan fingerprint density at radius 2 is 1.69 bits per heavy atom. The molecule has 1 amide bonds. The van der Waals surface area contributed by atoms with Gasteiger partial charge >= 0.3 is 0 Å². The van der Waals surface area contributed by atoms with Crippen LogP contribution in [-0.2, 0) is 6.61 Å². The van der Waals surface area contributed by atoms with Crippen molar-refractivity contribution in [2.75, 3.05) is 7.11 Å². The predicted molar refractivity (Wildman–Crippen MR) is 121 cm³/mol. The lowest BCUT2D eigenvalue weighted by Crippen LogP contribution is -2.19. The van der Waals surface area contributed by atoms with E-state index in [1.807, 2.05) is 54.6 Å². The third kappa shape index (κ3) is 5.92. The van der Waals surface area contributed by atoms with Gasteiger partial charge in [-0.05, 0) is 42.0 Å². The summed E-state index contributed by atoms with van der Waals surface area (Å²) < 4.78 is 12.8. The van der Waals surface area contributed by atoms with Crippen LogP contribution in [0, 0.1) is 0 Å². The van der Waals surface area contributed by atoms with Gasteiger partial charge in [0, 0.05) is 14.5 Å². The van der Waals surface area contributed by atoms with Crippen molar-refractivity contribution in [3.8, 4) is 11.5 Å². The van der Waals surface area contributed by atoms with Gasteiger partial charge in [0.2, 0.25) is 0 Å². The van der Waals surface area contributed by atoms with Gasteiger partial charge in [0.25, 0.3) is 5.91 Å². The molecule has 0 saturated carbocycles. The number of benzene rings is 3. The van der Waals surface area contributed by atoms with Gasteiger partial charge in [-0.3, -0.25) is 4.79 Å². The molecular formula is C22H18Br2N2O3. The fourth-order valence-corrected chi connectivity index (χ4v) is 3.31. The first-order valence-electron chi connectivity index (χ1n) is 8.70. The van der Waals surface area contributed by atoms with Crippen LogP contribution < -0.4 is 14.9 Å². The van der Waals surface area contributed by atoms with Crippen molar-refractivity contribution in [1.82, 2.24) is 5.43 Å². The van der Waals surface area contributed by atoms with E-state index in [2.05, 4.69) is 42.4 Å². The molecule has 0 aliphatic heterocycles. The molecule has 29 heavy (non-hydrogen) atoms. The topological polar surface area (TPSA) is 59.9 Å². The average molecular weight is 518 g/mol. The quantitative estimate of drug-likeness (QED) is 0.329. The molecule has 0 saturated heterocycles. The number of halogens is 2. The Hall–Kier alpha value is -2.64. The molecule has 0 unspecified atom stereocenters. The van der Waals surface area contributed by atoms with Crippen molar-refractivity contribution in [2.24, 2.45) is 5.10 Å². The number of nitrogens with one attached hydrogen (secondary N) is 1. The zero-order chi connectivity index (χ0) is 20.6. The minimum atomic E-state index is -0.375. The SMILES string of the molecule is COc1ccc(Br)cc1/C=N\NC(=O)c1cc(Br)ccc1OCc1ccccc1. The van der Waals surface area contributed by atoms with Crippen LogP contribution in [0.1, 0.15) is 21.5 Å². The summed E-state index contributed by atoms with van der Waals surface area (Å²) in [6.45, 7) is 0.362. The van der Waals surface area contributed by atoms with E-state index in [1.54, 1.807) is 19.2 Å². The second kappa shape index (κ2) is 10.2. The number of rotatable bonds is 7. The molecule has 0 fully saturated rings. The first-order valence-corrected chi connectivity index (χ1v) is 10.3. The van der Waals surface area contributed by atoms with Crippen LogP contribution >= 0.6 is 31.9 Å². The Bertz CT molecular complexity index is 1020. The summed E-state index contributed by atoms with van der Waals surface area (Å²) in [5, 5.41) is 4.06. The van der Waals surface area contributed by atoms with Crippen molar-refractivity contribution in [1.29, 1.82) is 0 Å². The minimum absolute atomic E-state index is 0.362. The lowest BCUT2D eigenvalue weighted by molar-refractivity contribution is 0.0950. The minimum Gasteiger partial charge on any atom is -0.496 e. The summed E-state index contributed by atoms with van der Waals surface area (Å²) in [5.74, 6) is 0.755. The summed E-state index contributed by atoms with van der Waals surface area (Å²) in [5.41, 5.74) is 4.67. The Morgan fingerprint density at radius 3 is 2.41 bits per heavy atom. The first-order chi connectivity index (χ1) is 14.1. The molecule has 3 aromatic rings. The second-order valence-corrected chi connectivity index (χ2v) is 7.83. The van der Waals surface area contributed by atoms with Crippen molar-refractivity contribution in [2.45, 2.75) is 6.61 Å². The lowest BCUT2D eigenvalue weighted by Gasteiger charge is -2.11. The lowest BCUT2D eigenvalue weighted by atomic mass is 10.2. The highest BCUT2D eigenvalue weighted by Crippen LogP contribution is 2.24. The number of nitrogens with zero attached hydrogens (tertiary/aromatic N) is 1. The summed E-state index contributed by atoms with van der Waals surface area (Å²) in [7, 11) is 1.58. The Balaban J connectivity index is 1.73. The number of hydrogen-bond donors (Lipinski definition) is 1. The highest BCUT2D eigenvalue weighted by molar-refractivity contribution is 9.10. The number of hydrogen-bond acceptors (Lipinski definition) is 4. The standard InChI is InChI=1S/C22H18Br2N2O3/c1-28-20-9-7-17(23)11-16(20)13-25-26-22(27)19-12-18(24)8-10-21(19)29-14-15-5-3-2-4-6-15/h2-13H,14H2,1H3,(H,26,27)/b25-13-. The number of ether oxygens (including phenoxy) is 2. The normalized spacial score (nSPS) is 10.7. The van der Waals surface area contributed by atoms with Crippen LogP contribution in [0.2, 0.25) is 0 Å². The monoisotopic (exact) mass is 516 g/mol. The zero-order valence-electron chi connectivity index (χ0n) is 15.6. The predicted octanol–water partition coefficient (Wildman–Crippen LogP) is 5.56. The number of amides is 1. The highest BCUT2D eigenvalue weighted by atomic mass is 79.9. The molecule has 0 bridgehead atoms. The van der Waals surface area contributed by atoms with Gasteiger partial charge in [0.15, 0.2) is 0 Å². The van der Waals surface area contributed by atoms with E-state index >= 15 is 0 Å². The summed E-state index contributed by atoms with van der Waals surface area (Å²) in [4.78, 5) is 12.7. The molecule has 5 nitrogen and oxygen atoms in total. The van der Waals surface area contributed by atoms with E-state index in [0.717, 1.165) is 20.1 Å². The molecule has 7 heteroatoms. The fourth-order valence-electron chi connectivity index (χ4n) is 2.57. The van der Waals surface area contributed by atoms with Crippen molar-refractivity contribution in [3.63, 3.8) is 0 Å². The maximum Gasteiger partial charge on any atom is 0.275 e. The van der Waals surface area contributed by atoms with Crippen LogP contribution in [0.25, 0.3) is 0 Å². The smallest absolute Gasteiger partial charge is 0.275 e. The van der Waals surface area contributed by atoms with Crippen LogP contribution in [0.5, 0.6) is 11.5 Å². The molecule has 0 spiro atoms. The van der Waals surface area contributed by atoms with Crippen molar-refractivity contribution >= 4 is 44.0 Å². The van der Waals surface area contributed by atoms with E-state index in [9.17, 15) is 4.79 Å². The van der Waals surface area contributed by atoms with E-state index in [-0.39, 0.29) is 5.91 Å². The number of methoxy groups -OCH3 is 1. The van der Waals surface area contributed by atoms with Gasteiger partial charge in [-0.15, -0.1) is 0 Å². The van der Waals surface area contributed by atoms with Gasteiger partial charge in [-0.1, -0.05) is 62.2 Å². The summed E-state index contributed by atoms with van der Waals surface area (Å²) in [6.07, 6.45) is 1.53. The first kappa shape index (κ1) is 21.1. The van der Waals surface area contributed by atoms with E-state index in [1.165, 1.54) is 6.21 Å². The average Bonchev–Trinajstić information content (AvgIpc) is 2.73. The Morgan fingerprint density at radius 1 is 1.00 bits per heavy atom. The molecule has 0 aromatic heterocycles. The van der Waals surface area contributed by atoms with E-state index in [4.69, 9.17) is 9.47 Å². The summed E-state index contributed by atoms with van der Waals surface area (Å²) in [6, 6.07) is 20.6. The number of carbonyl (C=O) groups excluding carboxylic acids is 1. The van der Waals surface area contributed by atoms with Crippen molar-refractivity contribution in [3.05, 3.63) is 92.4 Å². The van der Waals surface area contributed by atoms with Gasteiger partial charge in [-0.2, -0.15) is 5.10 Å². The highest BCUT2D eigenvalue weighted by Gasteiger charge is 2.13. The molecular weight excluding hydrogens is 500 g/mol. The van der Waals surface area contributed by atoms with Gasteiger partial charge in [-0.25, -0.2) is 5.43 Å². The van der Waals surface area contributed by atoms with Gasteiger partial charge in [0.1, 0.15) is 18.1 Å². The van der Waals surface area contributed by atoms with Gasteiger partial charge < -0.3 is 9.47 Å². The fraction of sp³-hybridized carbons (Fsp3) is 0.0909. The molecule has 0 aliphatic carbocycles. The third-order valence-corrected chi connectivity index (χ3v) is 4.97. The van der Waals surface area contributed by atoms with Crippen LogP contribution in [0.3, 0.4) is 0 Å². The number of hydrazone groups is 1. The molecule has 148 valence electrons.